The number of fused-ring (bicyclic) bond motifs is 1. The van der Waals surface area contributed by atoms with Crippen LogP contribution in [0, 0.1) is 0 Å². The maximum Gasteiger partial charge on any atom is 0.471 e. The first kappa shape index (κ1) is 21.6. The van der Waals surface area contributed by atoms with Gasteiger partial charge in [0.2, 0.25) is 5.82 Å². The maximum atomic E-state index is 12.9. The molecule has 0 bridgehead atoms. The Morgan fingerprint density at radius 3 is 2.47 bits per heavy atom. The van der Waals surface area contributed by atoms with Gasteiger partial charge in [-0.3, -0.25) is 9.59 Å². The zero-order chi connectivity index (χ0) is 23.9. The molecule has 4 aromatic rings. The Balaban J connectivity index is 1.25. The molecule has 9 nitrogen and oxygen atoms in total. The van der Waals surface area contributed by atoms with Gasteiger partial charge in [0.1, 0.15) is 11.4 Å². The number of rotatable bonds is 3. The average Bonchev–Trinajstić information content (AvgIpc) is 3.35. The van der Waals surface area contributed by atoms with Crippen LogP contribution in [0.4, 0.5) is 19.0 Å². The van der Waals surface area contributed by atoms with Crippen LogP contribution in [0.5, 0.6) is 0 Å². The van der Waals surface area contributed by atoms with Crippen molar-refractivity contribution in [3.8, 4) is 11.4 Å². The molecule has 1 aromatic carbocycles. The minimum Gasteiger partial charge on any atom is -0.451 e. The summed E-state index contributed by atoms with van der Waals surface area (Å²) < 4.78 is 47.8. The van der Waals surface area contributed by atoms with Crippen LogP contribution in [0.1, 0.15) is 16.4 Å². The van der Waals surface area contributed by atoms with Gasteiger partial charge in [0.25, 0.3) is 5.91 Å². The SMILES string of the molecule is O=C(c1cc(=O)c2ccccc2o1)N1CCN(c2ccc(-c3noc(C(F)(F)F)n3)cn2)CC1. The molecule has 174 valence electrons. The van der Waals surface area contributed by atoms with Gasteiger partial charge in [-0.05, 0) is 24.3 Å². The topological polar surface area (TPSA) is 106 Å². The summed E-state index contributed by atoms with van der Waals surface area (Å²) in [5.41, 5.74) is 0.352. The van der Waals surface area contributed by atoms with E-state index in [-0.39, 0.29) is 28.5 Å². The second kappa shape index (κ2) is 8.28. The molecule has 0 radical (unpaired) electrons. The molecule has 34 heavy (non-hydrogen) atoms. The van der Waals surface area contributed by atoms with Gasteiger partial charge in [0.15, 0.2) is 11.2 Å². The van der Waals surface area contributed by atoms with E-state index in [1.54, 1.807) is 41.3 Å². The van der Waals surface area contributed by atoms with Crippen LogP contribution in [0.25, 0.3) is 22.4 Å². The number of amides is 1. The lowest BCUT2D eigenvalue weighted by Crippen LogP contribution is -2.49. The van der Waals surface area contributed by atoms with Crippen LogP contribution < -0.4 is 10.3 Å². The normalized spacial score (nSPS) is 14.6. The van der Waals surface area contributed by atoms with Crippen molar-refractivity contribution in [2.45, 2.75) is 6.18 Å². The molecule has 0 aliphatic carbocycles. The summed E-state index contributed by atoms with van der Waals surface area (Å²) in [6.07, 6.45) is -3.35. The molecule has 1 aliphatic rings. The summed E-state index contributed by atoms with van der Waals surface area (Å²) in [5.74, 6) is -1.43. The summed E-state index contributed by atoms with van der Waals surface area (Å²) in [6, 6.07) is 11.1. The van der Waals surface area contributed by atoms with E-state index in [9.17, 15) is 22.8 Å². The van der Waals surface area contributed by atoms with E-state index in [2.05, 4.69) is 19.6 Å². The van der Waals surface area contributed by atoms with Crippen LogP contribution in [-0.2, 0) is 6.18 Å². The number of aromatic nitrogens is 3. The zero-order valence-corrected chi connectivity index (χ0v) is 17.5. The third-order valence-electron chi connectivity index (χ3n) is 5.41. The first-order chi connectivity index (χ1) is 16.3. The number of hydrogen-bond acceptors (Lipinski definition) is 8. The van der Waals surface area contributed by atoms with E-state index >= 15 is 0 Å². The molecule has 0 unspecified atom stereocenters. The van der Waals surface area contributed by atoms with Crippen molar-refractivity contribution in [2.75, 3.05) is 31.1 Å². The summed E-state index contributed by atoms with van der Waals surface area (Å²) in [5, 5.41) is 3.75. The number of nitrogens with zero attached hydrogens (tertiary/aromatic N) is 5. The zero-order valence-electron chi connectivity index (χ0n) is 17.5. The van der Waals surface area contributed by atoms with Gasteiger partial charge in [-0.15, -0.1) is 0 Å². The van der Waals surface area contributed by atoms with Crippen molar-refractivity contribution in [1.29, 1.82) is 0 Å². The van der Waals surface area contributed by atoms with E-state index in [0.29, 0.717) is 43.0 Å². The van der Waals surface area contributed by atoms with Crippen molar-refractivity contribution >= 4 is 22.7 Å². The van der Waals surface area contributed by atoms with E-state index in [1.807, 2.05) is 4.90 Å². The second-order valence-corrected chi connectivity index (χ2v) is 7.58. The van der Waals surface area contributed by atoms with Gasteiger partial charge in [0.05, 0.1) is 5.39 Å². The Morgan fingerprint density at radius 1 is 1.03 bits per heavy atom. The monoisotopic (exact) mass is 471 g/mol. The lowest BCUT2D eigenvalue weighted by atomic mass is 10.2. The number of piperazine rings is 1. The average molecular weight is 471 g/mol. The van der Waals surface area contributed by atoms with Gasteiger partial charge in [-0.1, -0.05) is 17.3 Å². The van der Waals surface area contributed by atoms with Crippen LogP contribution >= 0.6 is 0 Å². The second-order valence-electron chi connectivity index (χ2n) is 7.58. The van der Waals surface area contributed by atoms with Crippen molar-refractivity contribution in [1.82, 2.24) is 20.0 Å². The van der Waals surface area contributed by atoms with Crippen molar-refractivity contribution < 1.29 is 26.9 Å². The minimum absolute atomic E-state index is 0.0158. The van der Waals surface area contributed by atoms with Gasteiger partial charge < -0.3 is 18.7 Å². The molecule has 0 saturated carbocycles. The van der Waals surface area contributed by atoms with E-state index < -0.39 is 12.1 Å². The highest BCUT2D eigenvalue weighted by atomic mass is 19.4. The van der Waals surface area contributed by atoms with Gasteiger partial charge in [0, 0.05) is 44.0 Å². The van der Waals surface area contributed by atoms with Crippen LogP contribution in [-0.4, -0.2) is 52.1 Å². The summed E-state index contributed by atoms with van der Waals surface area (Å²) in [7, 11) is 0. The fraction of sp³-hybridized carbons (Fsp3) is 0.227. The summed E-state index contributed by atoms with van der Waals surface area (Å²) in [4.78, 5) is 36.3. The molecule has 4 heterocycles. The fourth-order valence-electron chi connectivity index (χ4n) is 3.67. The highest BCUT2D eigenvalue weighted by Crippen LogP contribution is 2.29. The smallest absolute Gasteiger partial charge is 0.451 e. The molecule has 12 heteroatoms. The predicted molar refractivity (Wildman–Crippen MR) is 113 cm³/mol. The molecule has 5 rings (SSSR count). The van der Waals surface area contributed by atoms with Gasteiger partial charge >= 0.3 is 12.1 Å². The molecule has 1 saturated heterocycles. The summed E-state index contributed by atoms with van der Waals surface area (Å²) >= 11 is 0. The highest BCUT2D eigenvalue weighted by molar-refractivity contribution is 5.93. The lowest BCUT2D eigenvalue weighted by Gasteiger charge is -2.35. The molecular formula is C22H16F3N5O4. The molecule has 1 aliphatic heterocycles. The van der Waals surface area contributed by atoms with Gasteiger partial charge in [-0.25, -0.2) is 4.98 Å². The Bertz CT molecular complexity index is 1410. The Hall–Kier alpha value is -4.22. The van der Waals surface area contributed by atoms with Crippen molar-refractivity contribution in [2.24, 2.45) is 0 Å². The van der Waals surface area contributed by atoms with Crippen LogP contribution in [0.2, 0.25) is 0 Å². The van der Waals surface area contributed by atoms with Crippen molar-refractivity contribution in [3.63, 3.8) is 0 Å². The third kappa shape index (κ3) is 4.09. The van der Waals surface area contributed by atoms with E-state index in [4.69, 9.17) is 4.42 Å². The molecular weight excluding hydrogens is 455 g/mol. The molecule has 1 amide bonds. The first-order valence-corrected chi connectivity index (χ1v) is 10.2. The number of anilines is 1. The Morgan fingerprint density at radius 2 is 1.79 bits per heavy atom. The van der Waals surface area contributed by atoms with E-state index in [1.165, 1.54) is 12.3 Å². The molecule has 1 fully saturated rings. The number of alkyl halides is 3. The van der Waals surface area contributed by atoms with Crippen LogP contribution in [0.15, 0.2) is 62.4 Å². The predicted octanol–water partition coefficient (Wildman–Crippen LogP) is 3.22. The standard InChI is InChI=1S/C22H16F3N5O4/c23-22(24,25)21-27-19(28-34-21)13-5-6-18(26-12-13)29-7-9-30(10-8-29)20(32)17-11-15(31)14-3-1-2-4-16(14)33-17/h1-6,11-12H,7-10H2. The summed E-state index contributed by atoms with van der Waals surface area (Å²) in [6.45, 7) is 1.68. The first-order valence-electron chi connectivity index (χ1n) is 10.2. The third-order valence-corrected chi connectivity index (χ3v) is 5.41. The molecule has 0 N–H and O–H groups in total. The number of hydrogen-bond donors (Lipinski definition) is 0. The van der Waals surface area contributed by atoms with Crippen LogP contribution in [0.3, 0.4) is 0 Å². The Kier molecular flexibility index (Phi) is 5.27. The number of halogens is 3. The fourth-order valence-corrected chi connectivity index (χ4v) is 3.67. The maximum absolute atomic E-state index is 12.9. The lowest BCUT2D eigenvalue weighted by molar-refractivity contribution is -0.159. The quantitative estimate of drug-likeness (QED) is 0.449. The molecule has 0 atom stereocenters. The molecule has 3 aromatic heterocycles. The largest absolute Gasteiger partial charge is 0.471 e. The number of para-hydroxylation sites is 1. The number of carbonyl (C=O) groups is 1. The number of pyridine rings is 1. The van der Waals surface area contributed by atoms with E-state index in [0.717, 1.165) is 0 Å². The highest BCUT2D eigenvalue weighted by Gasteiger charge is 2.38. The number of carbonyl (C=O) groups excluding carboxylic acids is 1. The Labute approximate surface area is 189 Å². The minimum atomic E-state index is -4.72. The molecule has 0 spiro atoms. The van der Waals surface area contributed by atoms with Gasteiger partial charge in [-0.2, -0.15) is 18.2 Å². The number of benzene rings is 1. The van der Waals surface area contributed by atoms with Crippen molar-refractivity contribution in [3.05, 3.63) is 70.5 Å².